The third kappa shape index (κ3) is 8.57. The molecule has 1 aromatic carbocycles. The topological polar surface area (TPSA) is 85.6 Å². The maximum atomic E-state index is 6.03. The van der Waals surface area contributed by atoms with Crippen LogP contribution in [0.3, 0.4) is 0 Å². The summed E-state index contributed by atoms with van der Waals surface area (Å²) in [5, 5.41) is 15.1. The normalized spacial score (nSPS) is 14.7. The molecule has 1 fully saturated rings. The lowest BCUT2D eigenvalue weighted by molar-refractivity contribution is 0.0277. The van der Waals surface area contributed by atoms with E-state index in [-0.39, 0.29) is 24.0 Å². The predicted molar refractivity (Wildman–Crippen MR) is 138 cm³/mol. The lowest BCUT2D eigenvalue weighted by Gasteiger charge is -2.22. The van der Waals surface area contributed by atoms with Crippen molar-refractivity contribution in [3.05, 3.63) is 41.5 Å². The van der Waals surface area contributed by atoms with Crippen LogP contribution in [-0.2, 0) is 24.9 Å². The van der Waals surface area contributed by atoms with Gasteiger partial charge in [0.25, 0.3) is 0 Å². The van der Waals surface area contributed by atoms with Gasteiger partial charge in [-0.25, -0.2) is 4.99 Å². The highest BCUT2D eigenvalue weighted by molar-refractivity contribution is 14.0. The number of rotatable bonds is 10. The number of hydrogen-bond donors (Lipinski definition) is 2. The first-order valence-corrected chi connectivity index (χ1v) is 11.3. The second-order valence-electron chi connectivity index (χ2n) is 8.00. The summed E-state index contributed by atoms with van der Waals surface area (Å²) in [6.45, 7) is 4.67. The summed E-state index contributed by atoms with van der Waals surface area (Å²) in [7, 11) is 3.64. The summed E-state index contributed by atoms with van der Waals surface area (Å²) in [5.41, 5.74) is 1.12. The van der Waals surface area contributed by atoms with Crippen molar-refractivity contribution in [3.8, 4) is 5.75 Å². The number of aliphatic imine (C=N–C) groups is 1. The number of halogens is 1. The molecule has 0 bridgehead atoms. The van der Waals surface area contributed by atoms with Crippen molar-refractivity contribution in [1.82, 2.24) is 25.4 Å². The molecule has 178 valence electrons. The summed E-state index contributed by atoms with van der Waals surface area (Å²) in [6.07, 6.45) is 7.78. The number of aromatic nitrogens is 3. The monoisotopic (exact) mass is 556 g/mol. The van der Waals surface area contributed by atoms with Gasteiger partial charge in [-0.2, -0.15) is 0 Å². The van der Waals surface area contributed by atoms with Gasteiger partial charge in [-0.05, 0) is 43.9 Å². The molecular weight excluding hydrogens is 519 g/mol. The number of hydrogen-bond acceptors (Lipinski definition) is 5. The van der Waals surface area contributed by atoms with Gasteiger partial charge in [-0.3, -0.25) is 0 Å². The Balaban J connectivity index is 0.00000363. The van der Waals surface area contributed by atoms with Crippen LogP contribution in [0, 0.1) is 6.92 Å². The maximum Gasteiger partial charge on any atom is 0.191 e. The minimum atomic E-state index is 0. The molecule has 1 aliphatic carbocycles. The van der Waals surface area contributed by atoms with Gasteiger partial charge in [0.15, 0.2) is 11.8 Å². The lowest BCUT2D eigenvalue weighted by Crippen LogP contribution is -2.38. The van der Waals surface area contributed by atoms with Crippen molar-refractivity contribution in [2.75, 3.05) is 20.3 Å². The van der Waals surface area contributed by atoms with Crippen LogP contribution in [0.1, 0.15) is 55.7 Å². The largest absolute Gasteiger partial charge is 0.497 e. The van der Waals surface area contributed by atoms with Crippen LogP contribution in [0.15, 0.2) is 29.3 Å². The highest BCUT2D eigenvalue weighted by Crippen LogP contribution is 2.20. The average Bonchev–Trinajstić information content (AvgIpc) is 3.13. The Bertz CT molecular complexity index is 818. The summed E-state index contributed by atoms with van der Waals surface area (Å²) in [5.74, 6) is 3.37. The highest BCUT2D eigenvalue weighted by atomic mass is 127. The van der Waals surface area contributed by atoms with Gasteiger partial charge in [-0.15, -0.1) is 34.2 Å². The number of nitrogens with zero attached hydrogens (tertiary/aromatic N) is 4. The van der Waals surface area contributed by atoms with Gasteiger partial charge in [0.1, 0.15) is 11.6 Å². The van der Waals surface area contributed by atoms with Crippen molar-refractivity contribution in [2.45, 2.75) is 64.6 Å². The first-order chi connectivity index (χ1) is 15.2. The Morgan fingerprint density at radius 1 is 1.12 bits per heavy atom. The second-order valence-corrected chi connectivity index (χ2v) is 8.00. The molecule has 1 aromatic heterocycles. The summed E-state index contributed by atoms with van der Waals surface area (Å²) in [4.78, 5) is 4.74. The molecule has 1 aliphatic rings. The van der Waals surface area contributed by atoms with E-state index in [1.54, 1.807) is 7.11 Å². The molecule has 8 nitrogen and oxygen atoms in total. The highest BCUT2D eigenvalue weighted by Gasteiger charge is 2.13. The third-order valence-corrected chi connectivity index (χ3v) is 5.69. The van der Waals surface area contributed by atoms with Crippen LogP contribution in [0.5, 0.6) is 5.75 Å². The van der Waals surface area contributed by atoms with Gasteiger partial charge in [0, 0.05) is 20.2 Å². The van der Waals surface area contributed by atoms with E-state index in [0.717, 1.165) is 48.5 Å². The molecule has 32 heavy (non-hydrogen) atoms. The van der Waals surface area contributed by atoms with E-state index in [1.807, 2.05) is 42.8 Å². The maximum absolute atomic E-state index is 6.03. The summed E-state index contributed by atoms with van der Waals surface area (Å²) < 4.78 is 13.2. The van der Waals surface area contributed by atoms with Crippen LogP contribution >= 0.6 is 24.0 Å². The fourth-order valence-corrected chi connectivity index (χ4v) is 3.60. The SMILES string of the molecule is COc1ccc(CN=C(NCCCOC2CCCCC2)NCc2nnc(C)n2C)cc1.I. The zero-order valence-electron chi connectivity index (χ0n) is 19.5. The van der Waals surface area contributed by atoms with E-state index in [4.69, 9.17) is 14.5 Å². The van der Waals surface area contributed by atoms with Crippen molar-refractivity contribution >= 4 is 29.9 Å². The molecule has 2 N–H and O–H groups in total. The first-order valence-electron chi connectivity index (χ1n) is 11.3. The number of guanidine groups is 1. The molecule has 0 aliphatic heterocycles. The molecule has 0 radical (unpaired) electrons. The van der Waals surface area contributed by atoms with Gasteiger partial charge >= 0.3 is 0 Å². The average molecular weight is 556 g/mol. The second kappa shape index (κ2) is 14.3. The molecule has 1 saturated carbocycles. The van der Waals surface area contributed by atoms with Crippen molar-refractivity contribution in [2.24, 2.45) is 12.0 Å². The Morgan fingerprint density at radius 3 is 2.53 bits per heavy atom. The number of methoxy groups -OCH3 is 1. The zero-order chi connectivity index (χ0) is 21.9. The predicted octanol–water partition coefficient (Wildman–Crippen LogP) is 3.72. The molecule has 0 unspecified atom stereocenters. The Hall–Kier alpha value is -1.88. The molecule has 9 heteroatoms. The first kappa shape index (κ1) is 26.4. The van der Waals surface area contributed by atoms with E-state index >= 15 is 0 Å². The Labute approximate surface area is 208 Å². The van der Waals surface area contributed by atoms with Gasteiger partial charge in [-0.1, -0.05) is 31.4 Å². The molecule has 3 rings (SSSR count). The van der Waals surface area contributed by atoms with E-state index in [1.165, 1.54) is 32.1 Å². The zero-order valence-corrected chi connectivity index (χ0v) is 21.8. The van der Waals surface area contributed by atoms with Gasteiger partial charge < -0.3 is 24.7 Å². The molecule has 0 atom stereocenters. The minimum absolute atomic E-state index is 0. The van der Waals surface area contributed by atoms with Gasteiger partial charge in [0.05, 0.1) is 26.3 Å². The van der Waals surface area contributed by atoms with E-state index in [2.05, 4.69) is 20.8 Å². The Morgan fingerprint density at radius 2 is 1.88 bits per heavy atom. The van der Waals surface area contributed by atoms with Crippen LogP contribution in [0.4, 0.5) is 0 Å². The van der Waals surface area contributed by atoms with Gasteiger partial charge in [0.2, 0.25) is 0 Å². The molecule has 0 amide bonds. The molecule has 0 spiro atoms. The van der Waals surface area contributed by atoms with E-state index in [0.29, 0.717) is 19.2 Å². The third-order valence-electron chi connectivity index (χ3n) is 5.69. The fraction of sp³-hybridized carbons (Fsp3) is 0.609. The van der Waals surface area contributed by atoms with E-state index in [9.17, 15) is 0 Å². The fourth-order valence-electron chi connectivity index (χ4n) is 3.60. The lowest BCUT2D eigenvalue weighted by atomic mass is 9.98. The molecular formula is C23H37IN6O2. The number of ether oxygens (including phenoxy) is 2. The number of aryl methyl sites for hydroxylation is 1. The summed E-state index contributed by atoms with van der Waals surface area (Å²) in [6, 6.07) is 7.97. The molecule has 1 heterocycles. The number of benzene rings is 1. The quantitative estimate of drug-likeness (QED) is 0.201. The van der Waals surface area contributed by atoms with Crippen LogP contribution < -0.4 is 15.4 Å². The molecule has 2 aromatic rings. The van der Waals surface area contributed by atoms with Crippen LogP contribution in [0.2, 0.25) is 0 Å². The molecule has 0 saturated heterocycles. The summed E-state index contributed by atoms with van der Waals surface area (Å²) >= 11 is 0. The smallest absolute Gasteiger partial charge is 0.191 e. The van der Waals surface area contributed by atoms with E-state index < -0.39 is 0 Å². The van der Waals surface area contributed by atoms with Crippen molar-refractivity contribution in [1.29, 1.82) is 0 Å². The van der Waals surface area contributed by atoms with Crippen LogP contribution in [0.25, 0.3) is 0 Å². The van der Waals surface area contributed by atoms with Crippen molar-refractivity contribution in [3.63, 3.8) is 0 Å². The Kier molecular flexibility index (Phi) is 11.8. The minimum Gasteiger partial charge on any atom is -0.497 e. The number of nitrogens with one attached hydrogen (secondary N) is 2. The van der Waals surface area contributed by atoms with Crippen LogP contribution in [-0.4, -0.2) is 47.1 Å². The standard InChI is InChI=1S/C23H36N6O2.HI/c1-18-27-28-22(29(18)2)17-26-23(25-16-19-10-12-20(30-3)13-11-19)24-14-7-15-31-21-8-5-4-6-9-21;/h10-13,21H,4-9,14-17H2,1-3H3,(H2,24,25,26);1H. The van der Waals surface area contributed by atoms with Crippen molar-refractivity contribution < 1.29 is 9.47 Å².